The third-order valence-electron chi connectivity index (χ3n) is 6.79. The molecule has 1 saturated heterocycles. The first-order valence-corrected chi connectivity index (χ1v) is 12.9. The van der Waals surface area contributed by atoms with Crippen molar-refractivity contribution in [2.45, 2.75) is 63.3 Å². The molecule has 2 aromatic carbocycles. The number of anilines is 1. The van der Waals surface area contributed by atoms with Crippen molar-refractivity contribution in [2.75, 3.05) is 25.1 Å². The van der Waals surface area contributed by atoms with Crippen LogP contribution in [0, 0.1) is 5.92 Å². The summed E-state index contributed by atoms with van der Waals surface area (Å²) in [5.41, 5.74) is 4.50. The molecule has 0 amide bonds. The highest BCUT2D eigenvalue weighted by Crippen LogP contribution is 2.33. The zero-order chi connectivity index (χ0) is 22.0. The second kappa shape index (κ2) is 9.21. The Morgan fingerprint density at radius 1 is 1.03 bits per heavy atom. The molecule has 6 heteroatoms. The number of nitrogens with zero attached hydrogens (tertiary/aromatic N) is 1. The summed E-state index contributed by atoms with van der Waals surface area (Å²) in [5, 5.41) is 0. The van der Waals surface area contributed by atoms with E-state index in [9.17, 15) is 8.42 Å². The smallest absolute Gasteiger partial charge is 0.244 e. The largest absolute Gasteiger partial charge is 0.495 e. The Hall–Kier alpha value is -2.05. The number of aryl methyl sites for hydroxylation is 2. The average Bonchev–Trinajstić information content (AvgIpc) is 2.78. The molecule has 1 fully saturated rings. The van der Waals surface area contributed by atoms with Crippen LogP contribution in [0.3, 0.4) is 0 Å². The fourth-order valence-corrected chi connectivity index (χ4v) is 6.15. The van der Waals surface area contributed by atoms with Gasteiger partial charge in [0.2, 0.25) is 10.0 Å². The van der Waals surface area contributed by atoms with E-state index in [1.54, 1.807) is 0 Å². The normalized spacial score (nSPS) is 18.5. The lowest BCUT2D eigenvalue weighted by atomic mass is 9.92. The summed E-state index contributed by atoms with van der Waals surface area (Å²) in [5.74, 6) is 1.22. The van der Waals surface area contributed by atoms with E-state index in [0.717, 1.165) is 55.8 Å². The number of piperidine rings is 1. The van der Waals surface area contributed by atoms with E-state index in [-0.39, 0.29) is 10.9 Å². The summed E-state index contributed by atoms with van der Waals surface area (Å²) >= 11 is 0. The molecule has 0 spiro atoms. The Balaban J connectivity index is 1.50. The molecule has 0 bridgehead atoms. The van der Waals surface area contributed by atoms with Crippen LogP contribution in [0.5, 0.6) is 5.75 Å². The minimum absolute atomic E-state index is 0.238. The molecule has 1 atom stereocenters. The molecule has 0 saturated carbocycles. The lowest BCUT2D eigenvalue weighted by Gasteiger charge is -2.32. The highest BCUT2D eigenvalue weighted by Gasteiger charge is 2.25. The van der Waals surface area contributed by atoms with Gasteiger partial charge < -0.3 is 9.64 Å². The number of sulfonamides is 1. The zero-order valence-electron chi connectivity index (χ0n) is 18.9. The molecule has 2 aromatic rings. The Bertz CT molecular complexity index is 1010. The molecule has 2 aliphatic rings. The van der Waals surface area contributed by atoms with Crippen LogP contribution in [0.2, 0.25) is 0 Å². The average molecular weight is 443 g/mol. The van der Waals surface area contributed by atoms with Gasteiger partial charge >= 0.3 is 0 Å². The molecule has 1 aliphatic carbocycles. The molecule has 1 N–H and O–H groups in total. The summed E-state index contributed by atoms with van der Waals surface area (Å²) in [6.45, 7) is 6.37. The van der Waals surface area contributed by atoms with Crippen molar-refractivity contribution in [1.29, 1.82) is 0 Å². The molecule has 4 rings (SSSR count). The topological polar surface area (TPSA) is 58.6 Å². The zero-order valence-corrected chi connectivity index (χ0v) is 19.7. The highest BCUT2D eigenvalue weighted by atomic mass is 32.2. The first kappa shape index (κ1) is 22.2. The van der Waals surface area contributed by atoms with Gasteiger partial charge in [-0.3, -0.25) is 0 Å². The minimum Gasteiger partial charge on any atom is -0.495 e. The van der Waals surface area contributed by atoms with E-state index in [4.69, 9.17) is 4.74 Å². The van der Waals surface area contributed by atoms with E-state index >= 15 is 0 Å². The van der Waals surface area contributed by atoms with Gasteiger partial charge in [-0.2, -0.15) is 0 Å². The summed E-state index contributed by atoms with van der Waals surface area (Å²) < 4.78 is 34.8. The molecular formula is C25H34N2O3S. The Morgan fingerprint density at radius 2 is 1.65 bits per heavy atom. The van der Waals surface area contributed by atoms with Crippen molar-refractivity contribution < 1.29 is 13.2 Å². The van der Waals surface area contributed by atoms with Crippen molar-refractivity contribution in [2.24, 2.45) is 5.92 Å². The van der Waals surface area contributed by atoms with Gasteiger partial charge in [0.25, 0.3) is 0 Å². The molecule has 0 radical (unpaired) electrons. The molecule has 31 heavy (non-hydrogen) atoms. The third kappa shape index (κ3) is 4.90. The molecule has 1 aliphatic heterocycles. The first-order valence-electron chi connectivity index (χ1n) is 11.4. The van der Waals surface area contributed by atoms with Crippen LogP contribution < -0.4 is 14.4 Å². The number of methoxy groups -OCH3 is 1. The first-order chi connectivity index (χ1) is 14.9. The second-order valence-electron chi connectivity index (χ2n) is 9.08. The maximum Gasteiger partial charge on any atom is 0.244 e. The number of ether oxygens (including phenoxy) is 1. The maximum absolute atomic E-state index is 13.2. The van der Waals surface area contributed by atoms with Crippen molar-refractivity contribution in [3.8, 4) is 5.75 Å². The number of hydrogen-bond acceptors (Lipinski definition) is 4. The van der Waals surface area contributed by atoms with Crippen LogP contribution in [0.25, 0.3) is 0 Å². The summed E-state index contributed by atoms with van der Waals surface area (Å²) in [6.07, 6.45) is 6.60. The predicted octanol–water partition coefficient (Wildman–Crippen LogP) is 4.85. The van der Waals surface area contributed by atoms with Crippen molar-refractivity contribution in [1.82, 2.24) is 4.72 Å². The lowest BCUT2D eigenvalue weighted by Crippen LogP contribution is -2.32. The van der Waals surface area contributed by atoms with E-state index in [1.807, 2.05) is 31.2 Å². The number of nitrogens with one attached hydrogen (secondary N) is 1. The summed E-state index contributed by atoms with van der Waals surface area (Å²) in [4.78, 5) is 2.65. The third-order valence-corrected chi connectivity index (χ3v) is 8.35. The number of rotatable bonds is 6. The Morgan fingerprint density at radius 3 is 2.26 bits per heavy atom. The fourth-order valence-electron chi connectivity index (χ4n) is 4.71. The van der Waals surface area contributed by atoms with E-state index in [1.165, 1.54) is 31.2 Å². The monoisotopic (exact) mass is 442 g/mol. The number of fused-ring (bicyclic) bond motifs is 1. The van der Waals surface area contributed by atoms with E-state index in [0.29, 0.717) is 5.75 Å². The van der Waals surface area contributed by atoms with Gasteiger partial charge in [-0.15, -0.1) is 0 Å². The molecule has 1 heterocycles. The number of hydrogen-bond donors (Lipinski definition) is 1. The van der Waals surface area contributed by atoms with Gasteiger partial charge in [0, 0.05) is 24.8 Å². The molecule has 168 valence electrons. The molecular weight excluding hydrogens is 408 g/mol. The minimum atomic E-state index is -3.71. The van der Waals surface area contributed by atoms with Crippen LogP contribution in [-0.4, -0.2) is 28.6 Å². The van der Waals surface area contributed by atoms with Crippen molar-refractivity contribution in [3.63, 3.8) is 0 Å². The highest BCUT2D eigenvalue weighted by molar-refractivity contribution is 7.89. The van der Waals surface area contributed by atoms with Crippen LogP contribution in [0.1, 0.15) is 62.3 Å². The number of benzene rings is 2. The summed E-state index contributed by atoms with van der Waals surface area (Å²) in [7, 11) is -2.17. The van der Waals surface area contributed by atoms with Crippen molar-refractivity contribution >= 4 is 15.7 Å². The predicted molar refractivity (Wildman–Crippen MR) is 125 cm³/mol. The van der Waals surface area contributed by atoms with Gasteiger partial charge in [-0.05, 0) is 92.3 Å². The summed E-state index contributed by atoms with van der Waals surface area (Å²) in [6, 6.07) is 11.7. The molecule has 5 nitrogen and oxygen atoms in total. The standard InChI is InChI=1S/C25H34N2O3S/c1-18-12-14-27(15-13-18)23-10-8-20(9-11-23)19(2)26-31(28,29)25-17-22-7-5-4-6-21(22)16-24(25)30-3/h8-11,16-19,26H,4-7,12-15H2,1-3H3. The van der Waals surface area contributed by atoms with Crippen LogP contribution >= 0.6 is 0 Å². The van der Waals surface area contributed by atoms with Gasteiger partial charge in [0.05, 0.1) is 7.11 Å². The lowest BCUT2D eigenvalue weighted by molar-refractivity contribution is 0.400. The maximum atomic E-state index is 13.2. The van der Waals surface area contributed by atoms with Gasteiger partial charge in [-0.25, -0.2) is 13.1 Å². The van der Waals surface area contributed by atoms with Crippen molar-refractivity contribution in [3.05, 3.63) is 53.1 Å². The molecule has 1 unspecified atom stereocenters. The van der Waals surface area contributed by atoms with Gasteiger partial charge in [0.1, 0.15) is 10.6 Å². The second-order valence-corrected chi connectivity index (χ2v) is 10.8. The van der Waals surface area contributed by atoms with Gasteiger partial charge in [0.15, 0.2) is 0 Å². The quantitative estimate of drug-likeness (QED) is 0.695. The van der Waals surface area contributed by atoms with Crippen LogP contribution in [0.4, 0.5) is 5.69 Å². The SMILES string of the molecule is COc1cc2c(cc1S(=O)(=O)NC(C)c1ccc(N3CCC(C)CC3)cc1)CCCC2. The van der Waals surface area contributed by atoms with Crippen LogP contribution in [0.15, 0.2) is 41.3 Å². The van der Waals surface area contributed by atoms with E-state index in [2.05, 4.69) is 28.7 Å². The van der Waals surface area contributed by atoms with Gasteiger partial charge in [-0.1, -0.05) is 19.1 Å². The van der Waals surface area contributed by atoms with Crippen LogP contribution in [-0.2, 0) is 22.9 Å². The Kier molecular flexibility index (Phi) is 6.58. The Labute approximate surface area is 186 Å². The fraction of sp³-hybridized carbons (Fsp3) is 0.520. The molecule has 0 aromatic heterocycles. The van der Waals surface area contributed by atoms with E-state index < -0.39 is 10.0 Å².